The molecule has 1 aromatic rings. The molecule has 0 aliphatic rings. The van der Waals surface area contributed by atoms with Gasteiger partial charge in [-0.3, -0.25) is 10.1 Å². The molecule has 112 valence electrons. The number of nitro groups is 1. The van der Waals surface area contributed by atoms with Crippen molar-refractivity contribution in [2.24, 2.45) is 0 Å². The highest BCUT2D eigenvalue weighted by atomic mass is 32.2. The van der Waals surface area contributed by atoms with Crippen LogP contribution < -0.4 is 15.4 Å². The standard InChI is InChI=1S/C9H16N6O4S/c1-3-10-8-7(15(16)17)9(13-6-12-8)11-4-5-14-20(2,18)19/h6,14H,3-5H2,1-2H3,(H2,10,11,12,13). The minimum Gasteiger partial charge on any atom is -0.364 e. The van der Waals surface area contributed by atoms with Gasteiger partial charge in [0.15, 0.2) is 0 Å². The third-order valence-corrected chi connectivity index (χ3v) is 2.86. The molecule has 3 N–H and O–H groups in total. The fraction of sp³-hybridized carbons (Fsp3) is 0.556. The molecule has 20 heavy (non-hydrogen) atoms. The van der Waals surface area contributed by atoms with Gasteiger partial charge in [0.25, 0.3) is 0 Å². The van der Waals surface area contributed by atoms with Gasteiger partial charge in [0.1, 0.15) is 6.33 Å². The molecule has 0 atom stereocenters. The van der Waals surface area contributed by atoms with Crippen LogP contribution in [-0.4, -0.2) is 49.2 Å². The van der Waals surface area contributed by atoms with Crippen LogP contribution in [0.25, 0.3) is 0 Å². The van der Waals surface area contributed by atoms with E-state index >= 15 is 0 Å². The Hall–Kier alpha value is -2.01. The quantitative estimate of drug-likeness (QED) is 0.340. The first-order chi connectivity index (χ1) is 9.35. The summed E-state index contributed by atoms with van der Waals surface area (Å²) in [4.78, 5) is 18.0. The topological polar surface area (TPSA) is 139 Å². The molecule has 0 aromatic carbocycles. The number of anilines is 2. The van der Waals surface area contributed by atoms with Crippen LogP contribution in [-0.2, 0) is 10.0 Å². The lowest BCUT2D eigenvalue weighted by atomic mass is 10.4. The molecule has 0 aliphatic carbocycles. The molecule has 0 saturated carbocycles. The van der Waals surface area contributed by atoms with E-state index in [2.05, 4.69) is 25.3 Å². The third-order valence-electron chi connectivity index (χ3n) is 2.13. The molecule has 0 bridgehead atoms. The number of sulfonamides is 1. The number of aromatic nitrogens is 2. The van der Waals surface area contributed by atoms with Gasteiger partial charge in [0.05, 0.1) is 11.2 Å². The second kappa shape index (κ2) is 6.96. The Balaban J connectivity index is 2.79. The highest BCUT2D eigenvalue weighted by Gasteiger charge is 2.22. The predicted octanol–water partition coefficient (Wildman–Crippen LogP) is -0.222. The zero-order valence-corrected chi connectivity index (χ0v) is 11.9. The summed E-state index contributed by atoms with van der Waals surface area (Å²) in [6, 6.07) is 0. The second-order valence-corrected chi connectivity index (χ2v) is 5.63. The first-order valence-corrected chi connectivity index (χ1v) is 7.66. The summed E-state index contributed by atoms with van der Waals surface area (Å²) >= 11 is 0. The normalized spacial score (nSPS) is 11.1. The zero-order valence-electron chi connectivity index (χ0n) is 11.1. The van der Waals surface area contributed by atoms with Crippen molar-refractivity contribution >= 4 is 27.3 Å². The van der Waals surface area contributed by atoms with Gasteiger partial charge in [0, 0.05) is 19.6 Å². The summed E-state index contributed by atoms with van der Waals surface area (Å²) in [5.41, 5.74) is -0.270. The van der Waals surface area contributed by atoms with E-state index in [4.69, 9.17) is 0 Å². The van der Waals surface area contributed by atoms with Crippen molar-refractivity contribution in [3.63, 3.8) is 0 Å². The summed E-state index contributed by atoms with van der Waals surface area (Å²) in [5.74, 6) is 0.155. The minimum atomic E-state index is -3.29. The van der Waals surface area contributed by atoms with Gasteiger partial charge in [0.2, 0.25) is 21.7 Å². The van der Waals surface area contributed by atoms with E-state index in [-0.39, 0.29) is 30.4 Å². The number of hydrogen-bond donors (Lipinski definition) is 3. The molecule has 0 saturated heterocycles. The van der Waals surface area contributed by atoms with Gasteiger partial charge < -0.3 is 10.6 Å². The van der Waals surface area contributed by atoms with Crippen molar-refractivity contribution in [1.29, 1.82) is 0 Å². The predicted molar refractivity (Wildman–Crippen MR) is 74.2 cm³/mol. The molecule has 1 aromatic heterocycles. The lowest BCUT2D eigenvalue weighted by Gasteiger charge is -2.09. The molecule has 0 unspecified atom stereocenters. The van der Waals surface area contributed by atoms with Crippen LogP contribution in [0.15, 0.2) is 6.33 Å². The Morgan fingerprint density at radius 3 is 2.35 bits per heavy atom. The highest BCUT2D eigenvalue weighted by Crippen LogP contribution is 2.28. The lowest BCUT2D eigenvalue weighted by molar-refractivity contribution is -0.383. The van der Waals surface area contributed by atoms with Gasteiger partial charge in [-0.2, -0.15) is 0 Å². The van der Waals surface area contributed by atoms with Crippen LogP contribution in [0.5, 0.6) is 0 Å². The summed E-state index contributed by atoms with van der Waals surface area (Å²) in [7, 11) is -3.29. The number of hydrogen-bond acceptors (Lipinski definition) is 8. The molecular formula is C9H16N6O4S. The smallest absolute Gasteiger partial charge is 0.353 e. The van der Waals surface area contributed by atoms with E-state index in [1.165, 1.54) is 6.33 Å². The summed E-state index contributed by atoms with van der Waals surface area (Å²) in [6.45, 7) is 2.52. The maximum absolute atomic E-state index is 11.0. The maximum atomic E-state index is 11.0. The number of rotatable bonds is 8. The maximum Gasteiger partial charge on any atom is 0.353 e. The molecule has 11 heteroatoms. The molecule has 1 heterocycles. The molecular weight excluding hydrogens is 288 g/mol. The average molecular weight is 304 g/mol. The van der Waals surface area contributed by atoms with Gasteiger partial charge in [-0.05, 0) is 6.92 Å². The van der Waals surface area contributed by atoms with E-state index in [0.717, 1.165) is 6.26 Å². The van der Waals surface area contributed by atoms with E-state index in [1.54, 1.807) is 6.92 Å². The van der Waals surface area contributed by atoms with Gasteiger partial charge >= 0.3 is 5.69 Å². The Bertz CT molecular complexity index is 576. The Kier molecular flexibility index (Phi) is 5.58. The Morgan fingerprint density at radius 1 is 1.25 bits per heavy atom. The fourth-order valence-electron chi connectivity index (χ4n) is 1.40. The van der Waals surface area contributed by atoms with Gasteiger partial charge in [-0.1, -0.05) is 0 Å². The zero-order chi connectivity index (χ0) is 15.2. The van der Waals surface area contributed by atoms with Crippen LogP contribution >= 0.6 is 0 Å². The van der Waals surface area contributed by atoms with Crippen LogP contribution in [0.4, 0.5) is 17.3 Å². The molecule has 10 nitrogen and oxygen atoms in total. The molecule has 1 rings (SSSR count). The molecule has 0 fully saturated rings. The SMILES string of the molecule is CCNc1ncnc(NCCNS(C)(=O)=O)c1[N+](=O)[O-]. The minimum absolute atomic E-state index is 0.0382. The largest absolute Gasteiger partial charge is 0.364 e. The van der Waals surface area contributed by atoms with Gasteiger partial charge in [-0.25, -0.2) is 23.1 Å². The summed E-state index contributed by atoms with van der Waals surface area (Å²) in [5, 5.41) is 16.5. The van der Waals surface area contributed by atoms with Crippen LogP contribution in [0.1, 0.15) is 6.92 Å². The second-order valence-electron chi connectivity index (χ2n) is 3.80. The summed E-state index contributed by atoms with van der Waals surface area (Å²) < 4.78 is 24.0. The first-order valence-electron chi connectivity index (χ1n) is 5.77. The van der Waals surface area contributed by atoms with Crippen LogP contribution in [0, 0.1) is 10.1 Å². The van der Waals surface area contributed by atoms with Crippen LogP contribution in [0.2, 0.25) is 0 Å². The Labute approximate surface area is 116 Å². The first kappa shape index (κ1) is 16.0. The van der Waals surface area contributed by atoms with Gasteiger partial charge in [-0.15, -0.1) is 0 Å². The molecule has 0 radical (unpaired) electrons. The van der Waals surface area contributed by atoms with E-state index in [9.17, 15) is 18.5 Å². The number of nitrogens with one attached hydrogen (secondary N) is 3. The third kappa shape index (κ3) is 4.93. The molecule has 0 aliphatic heterocycles. The number of nitrogens with zero attached hydrogens (tertiary/aromatic N) is 3. The van der Waals surface area contributed by atoms with E-state index in [0.29, 0.717) is 6.54 Å². The highest BCUT2D eigenvalue weighted by molar-refractivity contribution is 7.88. The van der Waals surface area contributed by atoms with E-state index in [1.807, 2.05) is 0 Å². The van der Waals surface area contributed by atoms with Crippen molar-refractivity contribution in [2.75, 3.05) is 36.5 Å². The lowest BCUT2D eigenvalue weighted by Crippen LogP contribution is -2.28. The van der Waals surface area contributed by atoms with Crippen molar-refractivity contribution in [3.8, 4) is 0 Å². The van der Waals surface area contributed by atoms with Crippen LogP contribution in [0.3, 0.4) is 0 Å². The van der Waals surface area contributed by atoms with Crippen molar-refractivity contribution in [2.45, 2.75) is 6.92 Å². The molecule has 0 spiro atoms. The Morgan fingerprint density at radius 2 is 1.85 bits per heavy atom. The summed E-state index contributed by atoms with van der Waals surface area (Å²) in [6.07, 6.45) is 2.22. The van der Waals surface area contributed by atoms with Crippen molar-refractivity contribution in [1.82, 2.24) is 14.7 Å². The van der Waals surface area contributed by atoms with Crippen molar-refractivity contribution < 1.29 is 13.3 Å². The monoisotopic (exact) mass is 304 g/mol. The average Bonchev–Trinajstić information content (AvgIpc) is 2.33. The van der Waals surface area contributed by atoms with E-state index < -0.39 is 14.9 Å². The van der Waals surface area contributed by atoms with Crippen molar-refractivity contribution in [3.05, 3.63) is 16.4 Å². The fourth-order valence-corrected chi connectivity index (χ4v) is 1.87. The molecule has 0 amide bonds.